The van der Waals surface area contributed by atoms with E-state index >= 15 is 0 Å². The summed E-state index contributed by atoms with van der Waals surface area (Å²) >= 11 is 1.40. The molecule has 0 bridgehead atoms. The molecule has 0 spiro atoms. The van der Waals surface area contributed by atoms with Crippen LogP contribution in [0.5, 0.6) is 0 Å². The van der Waals surface area contributed by atoms with Gasteiger partial charge in [-0.2, -0.15) is 16.5 Å². The predicted molar refractivity (Wildman–Crippen MR) is 116 cm³/mol. The van der Waals surface area contributed by atoms with Crippen molar-refractivity contribution in [2.75, 3.05) is 6.61 Å². The average molecular weight is 451 g/mol. The van der Waals surface area contributed by atoms with Crippen LogP contribution in [0.1, 0.15) is 12.5 Å². The Kier molecular flexibility index (Phi) is 8.58. The molecule has 0 aromatic heterocycles. The zero-order valence-electron chi connectivity index (χ0n) is 16.3. The van der Waals surface area contributed by atoms with Gasteiger partial charge in [0, 0.05) is 23.1 Å². The summed E-state index contributed by atoms with van der Waals surface area (Å²) in [5.41, 5.74) is 0.800. The van der Waals surface area contributed by atoms with Gasteiger partial charge in [0.15, 0.2) is 0 Å². The molecule has 160 valence electrons. The van der Waals surface area contributed by atoms with Gasteiger partial charge in [-0.3, -0.25) is 14.9 Å². The number of hydrogen-bond acceptors (Lipinski definition) is 7. The second-order valence-electron chi connectivity index (χ2n) is 6.27. The van der Waals surface area contributed by atoms with Crippen LogP contribution in [0.4, 0.5) is 5.69 Å². The van der Waals surface area contributed by atoms with Gasteiger partial charge in [-0.1, -0.05) is 49.9 Å². The monoisotopic (exact) mass is 450 g/mol. The van der Waals surface area contributed by atoms with E-state index in [0.717, 1.165) is 29.8 Å². The van der Waals surface area contributed by atoms with Crippen molar-refractivity contribution in [2.45, 2.75) is 28.9 Å². The second-order valence-corrected chi connectivity index (χ2v) is 9.35. The molecule has 0 saturated carbocycles. The van der Waals surface area contributed by atoms with Crippen molar-refractivity contribution in [3.63, 3.8) is 0 Å². The minimum atomic E-state index is -4.11. The van der Waals surface area contributed by atoms with Gasteiger partial charge in [0.1, 0.15) is 12.6 Å². The normalized spacial score (nSPS) is 13.2. The van der Waals surface area contributed by atoms with Gasteiger partial charge in [0.05, 0.1) is 9.82 Å². The summed E-state index contributed by atoms with van der Waals surface area (Å²) < 4.78 is 33.0. The third-order valence-electron chi connectivity index (χ3n) is 4.06. The number of carbonyl (C=O) groups is 1. The molecule has 1 N–H and O–H groups in total. The van der Waals surface area contributed by atoms with Crippen molar-refractivity contribution in [2.24, 2.45) is 0 Å². The lowest BCUT2D eigenvalue weighted by molar-refractivity contribution is -0.384. The van der Waals surface area contributed by atoms with Crippen LogP contribution in [0.2, 0.25) is 0 Å². The molecule has 8 nitrogen and oxygen atoms in total. The summed E-state index contributed by atoms with van der Waals surface area (Å²) in [4.78, 5) is 22.5. The van der Waals surface area contributed by atoms with Crippen molar-refractivity contribution < 1.29 is 22.9 Å². The Bertz CT molecular complexity index is 978. The van der Waals surface area contributed by atoms with Gasteiger partial charge < -0.3 is 4.74 Å². The number of benzene rings is 2. The molecule has 0 radical (unpaired) electrons. The van der Waals surface area contributed by atoms with Gasteiger partial charge in [0.2, 0.25) is 10.0 Å². The molecule has 0 saturated heterocycles. The van der Waals surface area contributed by atoms with Gasteiger partial charge in [-0.15, -0.1) is 0 Å². The van der Waals surface area contributed by atoms with Crippen LogP contribution in [0, 0.1) is 10.1 Å². The number of rotatable bonds is 11. The number of non-ortho nitro benzene ring substituents is 1. The maximum atomic E-state index is 12.8. The fraction of sp³-hybridized carbons (Fsp3) is 0.250. The Morgan fingerprint density at radius 2 is 1.87 bits per heavy atom. The van der Waals surface area contributed by atoms with E-state index in [4.69, 9.17) is 4.74 Å². The highest BCUT2D eigenvalue weighted by atomic mass is 32.2. The number of esters is 1. The molecule has 0 aliphatic rings. The second kappa shape index (κ2) is 10.9. The van der Waals surface area contributed by atoms with E-state index in [2.05, 4.69) is 11.3 Å². The molecule has 2 aromatic carbocycles. The Morgan fingerprint density at radius 3 is 2.43 bits per heavy atom. The summed E-state index contributed by atoms with van der Waals surface area (Å²) in [6.45, 7) is 5.16. The number of thioether (sulfide) groups is 1. The van der Waals surface area contributed by atoms with E-state index in [0.29, 0.717) is 5.75 Å². The fourth-order valence-corrected chi connectivity index (χ4v) is 4.82. The maximum Gasteiger partial charge on any atom is 0.325 e. The first-order valence-corrected chi connectivity index (χ1v) is 11.5. The highest BCUT2D eigenvalue weighted by molar-refractivity contribution is 7.99. The van der Waals surface area contributed by atoms with Crippen LogP contribution in [0.15, 0.2) is 72.1 Å². The van der Waals surface area contributed by atoms with Crippen LogP contribution in [0.3, 0.4) is 0 Å². The number of nitrogens with one attached hydrogen (secondary N) is 1. The van der Waals surface area contributed by atoms with Crippen molar-refractivity contribution in [1.82, 2.24) is 4.72 Å². The zero-order valence-corrected chi connectivity index (χ0v) is 17.9. The molecule has 30 heavy (non-hydrogen) atoms. The van der Waals surface area contributed by atoms with Crippen LogP contribution < -0.4 is 4.72 Å². The molecule has 2 aromatic rings. The fourth-order valence-electron chi connectivity index (χ4n) is 2.45. The first kappa shape index (κ1) is 23.6. The van der Waals surface area contributed by atoms with Gasteiger partial charge >= 0.3 is 5.97 Å². The maximum absolute atomic E-state index is 12.8. The van der Waals surface area contributed by atoms with Crippen molar-refractivity contribution in [1.29, 1.82) is 0 Å². The number of nitro groups is 1. The SMILES string of the molecule is C=CCOC(=O)[C@H](NS(=O)(=O)c1ccc([N+](=O)[O-])cc1)[C@H](C)SCc1ccccc1. The van der Waals surface area contributed by atoms with Gasteiger partial charge in [0.25, 0.3) is 5.69 Å². The molecule has 10 heteroatoms. The first-order valence-electron chi connectivity index (χ1n) is 8.94. The molecule has 0 fully saturated rings. The first-order chi connectivity index (χ1) is 14.2. The van der Waals surface area contributed by atoms with Crippen LogP contribution in [-0.4, -0.2) is 37.2 Å². The smallest absolute Gasteiger partial charge is 0.325 e. The lowest BCUT2D eigenvalue weighted by Gasteiger charge is -2.23. The van der Waals surface area contributed by atoms with E-state index in [1.54, 1.807) is 6.92 Å². The van der Waals surface area contributed by atoms with Gasteiger partial charge in [-0.05, 0) is 17.7 Å². The summed E-state index contributed by atoms with van der Waals surface area (Å²) in [6.07, 6.45) is 1.39. The minimum absolute atomic E-state index is 0.0509. The number of carbonyl (C=O) groups excluding carboxylic acids is 1. The highest BCUT2D eigenvalue weighted by Crippen LogP contribution is 2.23. The molecular formula is C20H22N2O6S2. The molecule has 0 unspecified atom stereocenters. The molecule has 2 rings (SSSR count). The summed E-state index contributed by atoms with van der Waals surface area (Å²) in [5.74, 6) is -0.152. The Balaban J connectivity index is 2.19. The lowest BCUT2D eigenvalue weighted by Crippen LogP contribution is -2.47. The molecular weight excluding hydrogens is 428 g/mol. The number of nitro benzene ring substituents is 1. The number of hydrogen-bond donors (Lipinski definition) is 1. The zero-order chi connectivity index (χ0) is 22.1. The van der Waals surface area contributed by atoms with Crippen molar-refractivity contribution >= 4 is 33.4 Å². The molecule has 0 heterocycles. The minimum Gasteiger partial charge on any atom is -0.460 e. The third-order valence-corrected chi connectivity index (χ3v) is 6.82. The predicted octanol–water partition coefficient (Wildman–Crippen LogP) is 3.29. The van der Waals surface area contributed by atoms with Crippen LogP contribution in [-0.2, 0) is 25.3 Å². The molecule has 2 atom stereocenters. The molecule has 0 amide bonds. The van der Waals surface area contributed by atoms with E-state index in [9.17, 15) is 23.3 Å². The Morgan fingerprint density at radius 1 is 1.23 bits per heavy atom. The van der Waals surface area contributed by atoms with E-state index in [1.165, 1.54) is 17.8 Å². The quantitative estimate of drug-likeness (QED) is 0.242. The highest BCUT2D eigenvalue weighted by Gasteiger charge is 2.32. The average Bonchev–Trinajstić information content (AvgIpc) is 2.75. The summed E-state index contributed by atoms with van der Waals surface area (Å²) in [6, 6.07) is 12.8. The van der Waals surface area contributed by atoms with E-state index in [1.807, 2.05) is 30.3 Å². The van der Waals surface area contributed by atoms with Crippen LogP contribution >= 0.6 is 11.8 Å². The van der Waals surface area contributed by atoms with Gasteiger partial charge in [-0.25, -0.2) is 8.42 Å². The molecule has 0 aliphatic carbocycles. The van der Waals surface area contributed by atoms with E-state index in [-0.39, 0.29) is 17.2 Å². The molecule has 0 aliphatic heterocycles. The van der Waals surface area contributed by atoms with Crippen LogP contribution in [0.25, 0.3) is 0 Å². The largest absolute Gasteiger partial charge is 0.460 e. The summed E-state index contributed by atoms with van der Waals surface area (Å²) in [5, 5.41) is 10.3. The lowest BCUT2D eigenvalue weighted by atomic mass is 10.2. The van der Waals surface area contributed by atoms with Crippen molar-refractivity contribution in [3.8, 4) is 0 Å². The summed E-state index contributed by atoms with van der Waals surface area (Å²) in [7, 11) is -4.11. The standard InChI is InChI=1S/C20H22N2O6S2/c1-3-13-28-20(23)19(15(2)29-14-16-7-5-4-6-8-16)21-30(26,27)18-11-9-17(10-12-18)22(24)25/h3-12,15,19,21H,1,13-14H2,2H3/t15-,19+/m0/s1. The number of sulfonamides is 1. The van der Waals surface area contributed by atoms with Crippen molar-refractivity contribution in [3.05, 3.63) is 82.9 Å². The topological polar surface area (TPSA) is 116 Å². The third kappa shape index (κ3) is 6.68. The van der Waals surface area contributed by atoms with E-state index < -0.39 is 32.2 Å². The number of nitrogens with zero attached hydrogens (tertiary/aromatic N) is 1. The Labute approximate surface area is 179 Å². The number of ether oxygens (including phenoxy) is 1. The Hall–Kier alpha value is -2.69.